The lowest BCUT2D eigenvalue weighted by atomic mass is 9.88. The molecule has 1 fully saturated rings. The van der Waals surface area contributed by atoms with Crippen molar-refractivity contribution >= 4 is 6.09 Å². The minimum atomic E-state index is -0.179. The second kappa shape index (κ2) is 8.36. The molecule has 0 aromatic heterocycles. The van der Waals surface area contributed by atoms with E-state index in [-0.39, 0.29) is 18.2 Å². The molecule has 0 spiro atoms. The van der Waals surface area contributed by atoms with Gasteiger partial charge in [0.15, 0.2) is 0 Å². The van der Waals surface area contributed by atoms with E-state index in [1.165, 1.54) is 11.1 Å². The van der Waals surface area contributed by atoms with Gasteiger partial charge in [-0.3, -0.25) is 4.90 Å². The molecular formula is C24H30N2O2. The lowest BCUT2D eigenvalue weighted by molar-refractivity contribution is -0.0104. The minimum Gasteiger partial charge on any atom is -0.444 e. The number of carbonyl (C=O) groups excluding carboxylic acids is 1. The van der Waals surface area contributed by atoms with E-state index in [1.54, 1.807) is 0 Å². The van der Waals surface area contributed by atoms with Gasteiger partial charge in [0, 0.05) is 13.1 Å². The van der Waals surface area contributed by atoms with E-state index < -0.39 is 0 Å². The van der Waals surface area contributed by atoms with Crippen LogP contribution in [0.2, 0.25) is 0 Å². The fourth-order valence-corrected chi connectivity index (χ4v) is 4.68. The summed E-state index contributed by atoms with van der Waals surface area (Å²) in [5.41, 5.74) is 3.67. The van der Waals surface area contributed by atoms with Crippen LogP contribution in [0.15, 0.2) is 54.6 Å². The summed E-state index contributed by atoms with van der Waals surface area (Å²) < 4.78 is 6.12. The Kier molecular flexibility index (Phi) is 5.67. The van der Waals surface area contributed by atoms with Crippen molar-refractivity contribution in [2.45, 2.75) is 38.3 Å². The van der Waals surface area contributed by atoms with Crippen LogP contribution >= 0.6 is 0 Å². The van der Waals surface area contributed by atoms with Gasteiger partial charge in [-0.2, -0.15) is 0 Å². The third kappa shape index (κ3) is 3.79. The van der Waals surface area contributed by atoms with Crippen molar-refractivity contribution in [3.63, 3.8) is 0 Å². The fraction of sp³-hybridized carbons (Fsp3) is 0.458. The molecule has 2 heterocycles. The van der Waals surface area contributed by atoms with Gasteiger partial charge in [0.2, 0.25) is 0 Å². The van der Waals surface area contributed by atoms with Crippen molar-refractivity contribution in [2.75, 3.05) is 26.7 Å². The normalized spacial score (nSPS) is 25.2. The van der Waals surface area contributed by atoms with Crippen molar-refractivity contribution in [3.05, 3.63) is 71.3 Å². The first-order valence-electron chi connectivity index (χ1n) is 10.5. The molecule has 1 amide bonds. The Morgan fingerprint density at radius 3 is 2.61 bits per heavy atom. The number of hydrogen-bond acceptors (Lipinski definition) is 3. The number of amides is 1. The summed E-state index contributed by atoms with van der Waals surface area (Å²) in [4.78, 5) is 17.5. The Balaban J connectivity index is 1.61. The van der Waals surface area contributed by atoms with E-state index in [0.717, 1.165) is 37.9 Å². The molecule has 0 aliphatic carbocycles. The number of ether oxygens (including phenoxy) is 1. The standard InChI is InChI=1S/C24H30N2O2/c1-3-18-13-15-25(2)17-22(18)28-24(27)26-16-14-19-9-7-8-12-21(19)23(26)20-10-5-4-6-11-20/h4-12,18,22-23H,3,13-17H2,1-2H3/t18?,22-,23?/m0/s1. The van der Waals surface area contributed by atoms with Crippen LogP contribution in [0.3, 0.4) is 0 Å². The smallest absolute Gasteiger partial charge is 0.410 e. The first-order chi connectivity index (χ1) is 13.7. The van der Waals surface area contributed by atoms with Crippen LogP contribution < -0.4 is 0 Å². The highest BCUT2D eigenvalue weighted by Crippen LogP contribution is 2.36. The number of likely N-dealkylation sites (tertiary alicyclic amines) is 1. The second-order valence-electron chi connectivity index (χ2n) is 8.10. The van der Waals surface area contributed by atoms with Crippen LogP contribution in [-0.2, 0) is 11.2 Å². The van der Waals surface area contributed by atoms with Gasteiger partial charge in [0.1, 0.15) is 6.10 Å². The number of fused-ring (bicyclic) bond motifs is 1. The molecule has 2 aromatic carbocycles. The molecule has 2 unspecified atom stereocenters. The lowest BCUT2D eigenvalue weighted by Crippen LogP contribution is -2.48. The van der Waals surface area contributed by atoms with Crippen LogP contribution in [0, 0.1) is 5.92 Å². The molecule has 2 aliphatic rings. The molecule has 0 bridgehead atoms. The first-order valence-corrected chi connectivity index (χ1v) is 10.5. The van der Waals surface area contributed by atoms with E-state index in [4.69, 9.17) is 4.74 Å². The Morgan fingerprint density at radius 1 is 1.07 bits per heavy atom. The van der Waals surface area contributed by atoms with Gasteiger partial charge in [-0.25, -0.2) is 4.79 Å². The molecule has 28 heavy (non-hydrogen) atoms. The highest BCUT2D eigenvalue weighted by Gasteiger charge is 2.36. The van der Waals surface area contributed by atoms with E-state index in [0.29, 0.717) is 12.5 Å². The fourth-order valence-electron chi connectivity index (χ4n) is 4.68. The Bertz CT molecular complexity index is 807. The first kappa shape index (κ1) is 19.0. The topological polar surface area (TPSA) is 32.8 Å². The summed E-state index contributed by atoms with van der Waals surface area (Å²) >= 11 is 0. The van der Waals surface area contributed by atoms with E-state index in [2.05, 4.69) is 55.3 Å². The lowest BCUT2D eigenvalue weighted by Gasteiger charge is -2.40. The number of nitrogens with zero attached hydrogens (tertiary/aromatic N) is 2. The quantitative estimate of drug-likeness (QED) is 0.788. The summed E-state index contributed by atoms with van der Waals surface area (Å²) in [6.45, 7) is 4.79. The predicted molar refractivity (Wildman–Crippen MR) is 111 cm³/mol. The van der Waals surface area contributed by atoms with Gasteiger partial charge in [-0.1, -0.05) is 61.5 Å². The Morgan fingerprint density at radius 2 is 1.82 bits per heavy atom. The van der Waals surface area contributed by atoms with Crippen molar-refractivity contribution in [1.82, 2.24) is 9.80 Å². The molecule has 1 saturated heterocycles. The van der Waals surface area contributed by atoms with Crippen molar-refractivity contribution in [2.24, 2.45) is 5.92 Å². The summed E-state index contributed by atoms with van der Waals surface area (Å²) in [5, 5.41) is 0. The SMILES string of the molecule is CCC1CCN(C)C[C@@H]1OC(=O)N1CCc2ccccc2C1c1ccccc1. The van der Waals surface area contributed by atoms with Gasteiger partial charge >= 0.3 is 6.09 Å². The number of piperidine rings is 1. The van der Waals surface area contributed by atoms with Crippen LogP contribution in [0.25, 0.3) is 0 Å². The molecule has 0 N–H and O–H groups in total. The summed E-state index contributed by atoms with van der Waals surface area (Å²) in [6, 6.07) is 18.7. The minimum absolute atomic E-state index is 0.0233. The molecule has 3 atom stereocenters. The molecular weight excluding hydrogens is 348 g/mol. The van der Waals surface area contributed by atoms with Crippen LogP contribution in [0.5, 0.6) is 0 Å². The average Bonchev–Trinajstić information content (AvgIpc) is 2.73. The molecule has 4 rings (SSSR count). The summed E-state index contributed by atoms with van der Waals surface area (Å²) in [7, 11) is 2.11. The summed E-state index contributed by atoms with van der Waals surface area (Å²) in [6.07, 6.45) is 2.81. The molecule has 0 saturated carbocycles. The number of rotatable bonds is 3. The third-order valence-electron chi connectivity index (χ3n) is 6.31. The summed E-state index contributed by atoms with van der Waals surface area (Å²) in [5.74, 6) is 0.451. The van der Waals surface area contributed by atoms with Gasteiger partial charge in [-0.05, 0) is 55.5 Å². The van der Waals surface area contributed by atoms with Crippen molar-refractivity contribution in [3.8, 4) is 0 Å². The maximum absolute atomic E-state index is 13.3. The number of benzene rings is 2. The monoisotopic (exact) mass is 378 g/mol. The molecule has 2 aromatic rings. The Hall–Kier alpha value is -2.33. The van der Waals surface area contributed by atoms with E-state index >= 15 is 0 Å². The highest BCUT2D eigenvalue weighted by atomic mass is 16.6. The maximum atomic E-state index is 13.3. The average molecular weight is 379 g/mol. The van der Waals surface area contributed by atoms with Crippen LogP contribution in [0.4, 0.5) is 4.79 Å². The second-order valence-corrected chi connectivity index (χ2v) is 8.10. The zero-order valence-electron chi connectivity index (χ0n) is 16.9. The zero-order chi connectivity index (χ0) is 19.5. The molecule has 4 nitrogen and oxygen atoms in total. The van der Waals surface area contributed by atoms with E-state index in [9.17, 15) is 4.79 Å². The van der Waals surface area contributed by atoms with Gasteiger partial charge < -0.3 is 9.64 Å². The molecule has 148 valence electrons. The number of hydrogen-bond donors (Lipinski definition) is 0. The zero-order valence-corrected chi connectivity index (χ0v) is 16.9. The van der Waals surface area contributed by atoms with Crippen LogP contribution in [0.1, 0.15) is 42.5 Å². The third-order valence-corrected chi connectivity index (χ3v) is 6.31. The van der Waals surface area contributed by atoms with Gasteiger partial charge in [0.25, 0.3) is 0 Å². The van der Waals surface area contributed by atoms with E-state index in [1.807, 2.05) is 23.1 Å². The van der Waals surface area contributed by atoms with Crippen LogP contribution in [-0.4, -0.2) is 48.7 Å². The molecule has 2 aliphatic heterocycles. The van der Waals surface area contributed by atoms with Gasteiger partial charge in [-0.15, -0.1) is 0 Å². The molecule has 4 heteroatoms. The van der Waals surface area contributed by atoms with Crippen molar-refractivity contribution in [1.29, 1.82) is 0 Å². The molecule has 0 radical (unpaired) electrons. The maximum Gasteiger partial charge on any atom is 0.410 e. The highest BCUT2D eigenvalue weighted by molar-refractivity contribution is 5.70. The van der Waals surface area contributed by atoms with Crippen molar-refractivity contribution < 1.29 is 9.53 Å². The number of carbonyl (C=O) groups is 1. The van der Waals surface area contributed by atoms with Gasteiger partial charge in [0.05, 0.1) is 6.04 Å². The Labute approximate surface area is 168 Å². The largest absolute Gasteiger partial charge is 0.444 e. The number of likely N-dealkylation sites (N-methyl/N-ethyl adjacent to an activating group) is 1. The predicted octanol–water partition coefficient (Wildman–Crippen LogP) is 4.50.